The van der Waals surface area contributed by atoms with Crippen LogP contribution in [-0.4, -0.2) is 16.9 Å². The Morgan fingerprint density at radius 3 is 2.38 bits per heavy atom. The highest BCUT2D eigenvalue weighted by atomic mass is 35.5. The number of aryl methyl sites for hydroxylation is 3. The maximum absolute atomic E-state index is 6.09. The van der Waals surface area contributed by atoms with Gasteiger partial charge in [0, 0.05) is 17.8 Å². The van der Waals surface area contributed by atoms with Crippen molar-refractivity contribution in [1.82, 2.24) is 9.78 Å². The molecular formula is C17H23ClN2O. The summed E-state index contributed by atoms with van der Waals surface area (Å²) in [5.74, 6) is 1.44. The Morgan fingerprint density at radius 1 is 1.14 bits per heavy atom. The molecule has 114 valence electrons. The Morgan fingerprint density at radius 2 is 1.86 bits per heavy atom. The molecule has 0 saturated heterocycles. The predicted octanol–water partition coefficient (Wildman–Crippen LogP) is 4.00. The van der Waals surface area contributed by atoms with Gasteiger partial charge in [-0.1, -0.05) is 26.0 Å². The van der Waals surface area contributed by atoms with Crippen molar-refractivity contribution in [2.75, 3.05) is 7.11 Å². The molecule has 3 nitrogen and oxygen atoms in total. The quantitative estimate of drug-likeness (QED) is 0.723. The molecule has 0 aliphatic heterocycles. The summed E-state index contributed by atoms with van der Waals surface area (Å²) < 4.78 is 7.31. The van der Waals surface area contributed by atoms with Crippen molar-refractivity contribution in [1.29, 1.82) is 0 Å². The Balaban J connectivity index is 2.13. The summed E-state index contributed by atoms with van der Waals surface area (Å²) in [6.07, 6.45) is 2.87. The summed E-state index contributed by atoms with van der Waals surface area (Å²) in [6, 6.07) is 8.22. The van der Waals surface area contributed by atoms with Crippen LogP contribution in [0, 0.1) is 0 Å². The largest absolute Gasteiger partial charge is 0.497 e. The molecule has 1 aromatic heterocycles. The van der Waals surface area contributed by atoms with E-state index in [0.29, 0.717) is 5.88 Å². The number of ether oxygens (including phenoxy) is 1. The van der Waals surface area contributed by atoms with Gasteiger partial charge in [0.1, 0.15) is 5.75 Å². The van der Waals surface area contributed by atoms with Crippen LogP contribution in [0.2, 0.25) is 0 Å². The Bertz CT molecular complexity index is 575. The molecule has 21 heavy (non-hydrogen) atoms. The zero-order valence-corrected chi connectivity index (χ0v) is 13.8. The lowest BCUT2D eigenvalue weighted by Gasteiger charge is -2.08. The molecule has 0 aliphatic carbocycles. The summed E-state index contributed by atoms with van der Waals surface area (Å²) in [5, 5.41) is 4.73. The van der Waals surface area contributed by atoms with Crippen molar-refractivity contribution in [2.45, 2.75) is 45.5 Å². The van der Waals surface area contributed by atoms with Gasteiger partial charge < -0.3 is 4.74 Å². The number of aromatic nitrogens is 2. The molecule has 0 radical (unpaired) electrons. The second-order valence-electron chi connectivity index (χ2n) is 5.03. The number of nitrogens with zero attached hydrogens (tertiary/aromatic N) is 2. The summed E-state index contributed by atoms with van der Waals surface area (Å²) >= 11 is 6.09. The van der Waals surface area contributed by atoms with E-state index in [-0.39, 0.29) is 0 Å². The van der Waals surface area contributed by atoms with Gasteiger partial charge in [0.15, 0.2) is 0 Å². The van der Waals surface area contributed by atoms with Gasteiger partial charge in [-0.15, -0.1) is 11.6 Å². The van der Waals surface area contributed by atoms with Crippen LogP contribution in [0.1, 0.15) is 36.4 Å². The zero-order valence-electron chi connectivity index (χ0n) is 13.0. The van der Waals surface area contributed by atoms with Gasteiger partial charge >= 0.3 is 0 Å². The molecule has 0 spiro atoms. The first-order chi connectivity index (χ1) is 10.2. The van der Waals surface area contributed by atoms with Crippen molar-refractivity contribution in [3.8, 4) is 5.75 Å². The van der Waals surface area contributed by atoms with Crippen LogP contribution in [0.25, 0.3) is 0 Å². The molecule has 0 unspecified atom stereocenters. The van der Waals surface area contributed by atoms with E-state index in [9.17, 15) is 0 Å². The van der Waals surface area contributed by atoms with E-state index in [1.807, 2.05) is 12.1 Å². The van der Waals surface area contributed by atoms with Gasteiger partial charge in [-0.3, -0.25) is 4.68 Å². The highest BCUT2D eigenvalue weighted by molar-refractivity contribution is 6.17. The molecule has 0 fully saturated rings. The van der Waals surface area contributed by atoms with Crippen molar-refractivity contribution in [2.24, 2.45) is 0 Å². The van der Waals surface area contributed by atoms with Crippen LogP contribution < -0.4 is 4.74 Å². The van der Waals surface area contributed by atoms with Gasteiger partial charge in [0.05, 0.1) is 18.7 Å². The van der Waals surface area contributed by atoms with Gasteiger partial charge in [0.2, 0.25) is 0 Å². The molecule has 0 saturated carbocycles. The number of hydrogen-bond acceptors (Lipinski definition) is 2. The fourth-order valence-electron chi connectivity index (χ4n) is 2.64. The van der Waals surface area contributed by atoms with Crippen LogP contribution in [0.5, 0.6) is 5.75 Å². The highest BCUT2D eigenvalue weighted by Crippen LogP contribution is 2.19. The fraction of sp³-hybridized carbons (Fsp3) is 0.471. The highest BCUT2D eigenvalue weighted by Gasteiger charge is 2.14. The van der Waals surface area contributed by atoms with Crippen LogP contribution in [0.4, 0.5) is 0 Å². The second kappa shape index (κ2) is 7.51. The van der Waals surface area contributed by atoms with E-state index < -0.39 is 0 Å². The maximum Gasteiger partial charge on any atom is 0.118 e. The zero-order chi connectivity index (χ0) is 15.2. The number of rotatable bonds is 7. The lowest BCUT2D eigenvalue weighted by molar-refractivity contribution is 0.414. The smallest absolute Gasteiger partial charge is 0.118 e. The minimum Gasteiger partial charge on any atom is -0.497 e. The van der Waals surface area contributed by atoms with Gasteiger partial charge in [-0.2, -0.15) is 5.10 Å². The van der Waals surface area contributed by atoms with E-state index in [2.05, 4.69) is 30.7 Å². The molecule has 0 aliphatic rings. The van der Waals surface area contributed by atoms with Crippen molar-refractivity contribution in [3.05, 3.63) is 46.8 Å². The maximum atomic E-state index is 6.09. The Labute approximate surface area is 131 Å². The Kier molecular flexibility index (Phi) is 5.68. The van der Waals surface area contributed by atoms with E-state index in [1.54, 1.807) is 7.11 Å². The first-order valence-corrected chi connectivity index (χ1v) is 8.03. The molecular weight excluding hydrogens is 284 g/mol. The minimum absolute atomic E-state index is 0.550. The van der Waals surface area contributed by atoms with E-state index in [1.165, 1.54) is 16.8 Å². The van der Waals surface area contributed by atoms with E-state index in [4.69, 9.17) is 21.4 Å². The second-order valence-corrected chi connectivity index (χ2v) is 5.30. The third kappa shape index (κ3) is 3.59. The van der Waals surface area contributed by atoms with Crippen LogP contribution in [-0.2, 0) is 31.7 Å². The number of halogens is 1. The van der Waals surface area contributed by atoms with Crippen LogP contribution in [0.3, 0.4) is 0 Å². The number of methoxy groups -OCH3 is 1. The standard InChI is InChI=1S/C17H23ClN2O/c1-4-16-15(12-18)17(5-2)20(19-16)11-10-13-6-8-14(21-3)9-7-13/h6-9H,4-5,10-12H2,1-3H3. The van der Waals surface area contributed by atoms with Crippen molar-refractivity contribution < 1.29 is 4.74 Å². The molecule has 0 bridgehead atoms. The average molecular weight is 307 g/mol. The summed E-state index contributed by atoms with van der Waals surface area (Å²) in [6.45, 7) is 5.18. The first-order valence-electron chi connectivity index (χ1n) is 7.49. The molecule has 2 rings (SSSR count). The van der Waals surface area contributed by atoms with Crippen LogP contribution in [0.15, 0.2) is 24.3 Å². The normalized spacial score (nSPS) is 10.9. The van der Waals surface area contributed by atoms with E-state index in [0.717, 1.165) is 37.3 Å². The lowest BCUT2D eigenvalue weighted by Crippen LogP contribution is -2.07. The third-order valence-electron chi connectivity index (χ3n) is 3.82. The Hall–Kier alpha value is -1.48. The molecule has 0 N–H and O–H groups in total. The molecule has 2 aromatic rings. The number of benzene rings is 1. The third-order valence-corrected chi connectivity index (χ3v) is 4.09. The summed E-state index contributed by atoms with van der Waals surface area (Å²) in [5.41, 5.74) is 4.92. The van der Waals surface area contributed by atoms with E-state index >= 15 is 0 Å². The monoisotopic (exact) mass is 306 g/mol. The summed E-state index contributed by atoms with van der Waals surface area (Å²) in [7, 11) is 1.69. The van der Waals surface area contributed by atoms with Gasteiger partial charge in [0.25, 0.3) is 0 Å². The lowest BCUT2D eigenvalue weighted by atomic mass is 10.1. The average Bonchev–Trinajstić information content (AvgIpc) is 2.90. The molecule has 4 heteroatoms. The molecule has 1 aromatic carbocycles. The minimum atomic E-state index is 0.550. The van der Waals surface area contributed by atoms with Crippen molar-refractivity contribution >= 4 is 11.6 Å². The first kappa shape index (κ1) is 15.9. The predicted molar refractivity (Wildman–Crippen MR) is 87.2 cm³/mol. The fourth-order valence-corrected chi connectivity index (χ4v) is 2.94. The SMILES string of the molecule is CCc1nn(CCc2ccc(OC)cc2)c(CC)c1CCl. The number of hydrogen-bond donors (Lipinski definition) is 0. The van der Waals surface area contributed by atoms with Gasteiger partial charge in [-0.05, 0) is 37.0 Å². The topological polar surface area (TPSA) is 27.1 Å². The molecule has 0 atom stereocenters. The molecule has 1 heterocycles. The van der Waals surface area contributed by atoms with Crippen molar-refractivity contribution in [3.63, 3.8) is 0 Å². The van der Waals surface area contributed by atoms with Gasteiger partial charge in [-0.25, -0.2) is 0 Å². The molecule has 0 amide bonds. The number of alkyl halides is 1. The summed E-state index contributed by atoms with van der Waals surface area (Å²) in [4.78, 5) is 0. The van der Waals surface area contributed by atoms with Crippen LogP contribution >= 0.6 is 11.6 Å².